The molecular weight excluding hydrogens is 216 g/mol. The van der Waals surface area contributed by atoms with Crippen LogP contribution in [0.25, 0.3) is 0 Å². The number of carbonyl (C=O) groups is 4. The number of hydrogen-bond donors (Lipinski definition) is 1. The van der Waals surface area contributed by atoms with E-state index < -0.39 is 35.2 Å². The molecule has 0 saturated heterocycles. The predicted molar refractivity (Wildman–Crippen MR) is 52.2 cm³/mol. The maximum Gasteiger partial charge on any atom is 0.342 e. The van der Waals surface area contributed by atoms with Crippen molar-refractivity contribution in [3.63, 3.8) is 0 Å². The maximum absolute atomic E-state index is 11.2. The number of aliphatic carboxylic acids is 1. The molecule has 0 spiro atoms. The van der Waals surface area contributed by atoms with Crippen LogP contribution in [0.15, 0.2) is 24.8 Å². The summed E-state index contributed by atoms with van der Waals surface area (Å²) in [6, 6.07) is 0. The first-order chi connectivity index (χ1) is 7.31. The molecule has 86 valence electrons. The van der Waals surface area contributed by atoms with Gasteiger partial charge in [0.1, 0.15) is 11.7 Å². The van der Waals surface area contributed by atoms with Gasteiger partial charge in [0.25, 0.3) is 0 Å². The van der Waals surface area contributed by atoms with Crippen LogP contribution in [0.4, 0.5) is 0 Å². The molecule has 0 rings (SSSR count). The zero-order valence-corrected chi connectivity index (χ0v) is 8.56. The minimum Gasteiger partial charge on any atom is -0.480 e. The second-order valence-electron chi connectivity index (χ2n) is 2.82. The summed E-state index contributed by atoms with van der Waals surface area (Å²) in [5.74, 6) is -6.31. The molecule has 0 radical (unpaired) electrons. The summed E-state index contributed by atoms with van der Waals surface area (Å²) in [5.41, 5.74) is -0.602. The summed E-state index contributed by atoms with van der Waals surface area (Å²) >= 11 is 0. The molecule has 0 heterocycles. The molecule has 0 aromatic heterocycles. The van der Waals surface area contributed by atoms with Crippen molar-refractivity contribution < 1.29 is 29.0 Å². The van der Waals surface area contributed by atoms with Crippen LogP contribution in [0, 0.1) is 5.92 Å². The number of ether oxygens (including phenoxy) is 1. The summed E-state index contributed by atoms with van der Waals surface area (Å²) in [4.78, 5) is 43.4. The lowest BCUT2D eigenvalue weighted by Gasteiger charge is -2.09. The normalized spacial score (nSPS) is 11.1. The van der Waals surface area contributed by atoms with Crippen LogP contribution in [-0.4, -0.2) is 28.8 Å². The Balaban J connectivity index is 4.83. The Morgan fingerprint density at radius 3 is 2.12 bits per heavy atom. The van der Waals surface area contributed by atoms with Gasteiger partial charge in [0.15, 0.2) is 0 Å². The Hall–Kier alpha value is -2.24. The fourth-order valence-corrected chi connectivity index (χ4v) is 0.885. The van der Waals surface area contributed by atoms with Gasteiger partial charge in [0.05, 0.1) is 5.57 Å². The summed E-state index contributed by atoms with van der Waals surface area (Å²) in [7, 11) is 0. The van der Waals surface area contributed by atoms with Crippen molar-refractivity contribution in [2.45, 2.75) is 6.92 Å². The third-order valence-corrected chi connectivity index (χ3v) is 1.62. The number of Topliss-reactive ketones (excluding diaryl/α,β-unsaturated/α-hetero) is 1. The summed E-state index contributed by atoms with van der Waals surface area (Å²) in [6.07, 6.45) is 0.731. The highest BCUT2D eigenvalue weighted by molar-refractivity contribution is 6.10. The Morgan fingerprint density at radius 1 is 1.31 bits per heavy atom. The predicted octanol–water partition coefficient (Wildman–Crippen LogP) is 0.0882. The van der Waals surface area contributed by atoms with Crippen LogP contribution in [0.1, 0.15) is 6.92 Å². The first kappa shape index (κ1) is 13.8. The van der Waals surface area contributed by atoms with E-state index in [0.29, 0.717) is 0 Å². The minimum atomic E-state index is -1.70. The van der Waals surface area contributed by atoms with E-state index in [1.165, 1.54) is 0 Å². The van der Waals surface area contributed by atoms with Crippen molar-refractivity contribution in [3.8, 4) is 0 Å². The van der Waals surface area contributed by atoms with E-state index in [2.05, 4.69) is 17.9 Å². The number of carbonyl (C=O) groups excluding carboxylic acids is 3. The van der Waals surface area contributed by atoms with E-state index >= 15 is 0 Å². The van der Waals surface area contributed by atoms with E-state index in [1.54, 1.807) is 0 Å². The van der Waals surface area contributed by atoms with Gasteiger partial charge in [0, 0.05) is 6.08 Å². The fourth-order valence-electron chi connectivity index (χ4n) is 0.885. The Labute approximate surface area is 91.2 Å². The van der Waals surface area contributed by atoms with Gasteiger partial charge < -0.3 is 9.84 Å². The smallest absolute Gasteiger partial charge is 0.342 e. The molecule has 0 aliphatic heterocycles. The van der Waals surface area contributed by atoms with Crippen LogP contribution >= 0.6 is 0 Å². The van der Waals surface area contributed by atoms with Gasteiger partial charge >= 0.3 is 17.9 Å². The second kappa shape index (κ2) is 5.59. The van der Waals surface area contributed by atoms with Gasteiger partial charge in [-0.05, 0) is 6.92 Å². The van der Waals surface area contributed by atoms with Gasteiger partial charge in [-0.3, -0.25) is 9.59 Å². The molecule has 0 bridgehead atoms. The van der Waals surface area contributed by atoms with Crippen LogP contribution in [-0.2, 0) is 23.9 Å². The Morgan fingerprint density at radius 2 is 1.81 bits per heavy atom. The molecule has 1 unspecified atom stereocenters. The molecule has 1 atom stereocenters. The molecule has 0 aliphatic carbocycles. The zero-order chi connectivity index (χ0) is 12.9. The Bertz CT molecular complexity index is 365. The highest BCUT2D eigenvalue weighted by Crippen LogP contribution is 2.12. The lowest BCUT2D eigenvalue weighted by molar-refractivity contribution is -0.156. The van der Waals surface area contributed by atoms with Crippen LogP contribution in [0.2, 0.25) is 0 Å². The number of carboxylic acid groups (broad SMARTS) is 1. The molecule has 0 fully saturated rings. The molecular formula is C10H10O6. The number of rotatable bonds is 5. The molecule has 0 saturated carbocycles. The van der Waals surface area contributed by atoms with E-state index in [9.17, 15) is 19.2 Å². The highest BCUT2D eigenvalue weighted by atomic mass is 16.6. The monoisotopic (exact) mass is 226 g/mol. The molecule has 0 aliphatic rings. The van der Waals surface area contributed by atoms with Crippen molar-refractivity contribution in [1.82, 2.24) is 0 Å². The fraction of sp³-hybridized carbons (Fsp3) is 0.200. The van der Waals surface area contributed by atoms with Crippen molar-refractivity contribution in [1.29, 1.82) is 0 Å². The van der Waals surface area contributed by atoms with Gasteiger partial charge in [-0.1, -0.05) is 13.2 Å². The van der Waals surface area contributed by atoms with Gasteiger partial charge in [-0.25, -0.2) is 9.59 Å². The summed E-state index contributed by atoms with van der Waals surface area (Å²) in [6.45, 7) is 7.16. The highest BCUT2D eigenvalue weighted by Gasteiger charge is 2.31. The lowest BCUT2D eigenvalue weighted by atomic mass is 9.97. The number of hydrogen-bond acceptors (Lipinski definition) is 5. The van der Waals surface area contributed by atoms with E-state index in [-0.39, 0.29) is 0 Å². The average Bonchev–Trinajstić information content (AvgIpc) is 2.16. The quantitative estimate of drug-likeness (QED) is 0.405. The largest absolute Gasteiger partial charge is 0.480 e. The van der Waals surface area contributed by atoms with Gasteiger partial charge in [-0.2, -0.15) is 0 Å². The van der Waals surface area contributed by atoms with Crippen LogP contribution in [0.3, 0.4) is 0 Å². The van der Waals surface area contributed by atoms with E-state index in [1.807, 2.05) is 0 Å². The maximum atomic E-state index is 11.2. The van der Waals surface area contributed by atoms with E-state index in [0.717, 1.165) is 13.0 Å². The molecule has 0 aromatic rings. The summed E-state index contributed by atoms with van der Waals surface area (Å²) in [5, 5.41) is 8.66. The number of carboxylic acids is 1. The van der Waals surface area contributed by atoms with Crippen molar-refractivity contribution in [3.05, 3.63) is 24.8 Å². The van der Waals surface area contributed by atoms with Gasteiger partial charge in [0.2, 0.25) is 0 Å². The number of esters is 2. The molecule has 16 heavy (non-hydrogen) atoms. The Kier molecular flexibility index (Phi) is 4.81. The molecule has 0 aromatic carbocycles. The lowest BCUT2D eigenvalue weighted by Crippen LogP contribution is -2.28. The minimum absolute atomic E-state index is 0.602. The third kappa shape index (κ3) is 3.49. The average molecular weight is 226 g/mol. The second-order valence-corrected chi connectivity index (χ2v) is 2.82. The third-order valence-electron chi connectivity index (χ3n) is 1.62. The van der Waals surface area contributed by atoms with Crippen LogP contribution in [0.5, 0.6) is 0 Å². The molecule has 0 amide bonds. The zero-order valence-electron chi connectivity index (χ0n) is 8.56. The molecule has 6 heteroatoms. The SMILES string of the molecule is C=CC(=O)OC(=O)C(=C)C(C(C)=O)C(=O)O. The van der Waals surface area contributed by atoms with Crippen molar-refractivity contribution >= 4 is 23.7 Å². The molecule has 6 nitrogen and oxygen atoms in total. The molecule has 1 N–H and O–H groups in total. The first-order valence-electron chi connectivity index (χ1n) is 4.11. The standard InChI is InChI=1S/C10H10O6/c1-4-7(12)16-10(15)5(2)8(6(3)11)9(13)14/h4,8H,1-2H2,3H3,(H,13,14). The van der Waals surface area contributed by atoms with Gasteiger partial charge in [-0.15, -0.1) is 0 Å². The van der Waals surface area contributed by atoms with Crippen molar-refractivity contribution in [2.75, 3.05) is 0 Å². The number of ketones is 1. The van der Waals surface area contributed by atoms with E-state index in [4.69, 9.17) is 5.11 Å². The first-order valence-corrected chi connectivity index (χ1v) is 4.11. The summed E-state index contributed by atoms with van der Waals surface area (Å²) < 4.78 is 4.13. The van der Waals surface area contributed by atoms with Crippen LogP contribution < -0.4 is 0 Å². The van der Waals surface area contributed by atoms with Crippen molar-refractivity contribution in [2.24, 2.45) is 5.92 Å². The topological polar surface area (TPSA) is 97.7 Å².